The van der Waals surface area contributed by atoms with Crippen LogP contribution < -0.4 is 10.6 Å². The third-order valence-corrected chi connectivity index (χ3v) is 1.51. The third kappa shape index (κ3) is 3.09. The molecule has 4 nitrogen and oxygen atoms in total. The summed E-state index contributed by atoms with van der Waals surface area (Å²) in [6, 6.07) is 0. The van der Waals surface area contributed by atoms with Gasteiger partial charge in [-0.3, -0.25) is 5.32 Å². The zero-order valence-electron chi connectivity index (χ0n) is 7.81. The number of alkyl carbamates (subject to hydrolysis) is 1. The van der Waals surface area contributed by atoms with Crippen LogP contribution in [0, 0.1) is 0 Å². The summed E-state index contributed by atoms with van der Waals surface area (Å²) < 4.78 is 5.05. The minimum Gasteiger partial charge on any atom is -0.444 e. The standard InChI is InChI=1S/C8H16N2O2/c1-8(2,3)12-7(11)10-6-4-5-9-6/h6,9H,4-5H2,1-3H3,(H,10,11). The van der Waals surface area contributed by atoms with E-state index in [1.807, 2.05) is 20.8 Å². The molecule has 1 rings (SSSR count). The van der Waals surface area contributed by atoms with Gasteiger partial charge in [0, 0.05) is 6.54 Å². The van der Waals surface area contributed by atoms with E-state index >= 15 is 0 Å². The second-order valence-electron chi connectivity index (χ2n) is 3.94. The molecule has 1 fully saturated rings. The Morgan fingerprint density at radius 2 is 2.17 bits per heavy atom. The summed E-state index contributed by atoms with van der Waals surface area (Å²) in [5, 5.41) is 5.75. The predicted molar refractivity (Wildman–Crippen MR) is 45.8 cm³/mol. The maximum absolute atomic E-state index is 11.1. The molecule has 1 saturated heterocycles. The highest BCUT2D eigenvalue weighted by molar-refractivity contribution is 5.68. The van der Waals surface area contributed by atoms with Gasteiger partial charge in [0.05, 0.1) is 6.17 Å². The highest BCUT2D eigenvalue weighted by Crippen LogP contribution is 2.07. The summed E-state index contributed by atoms with van der Waals surface area (Å²) in [5.74, 6) is 0. The lowest BCUT2D eigenvalue weighted by Gasteiger charge is -2.29. The maximum Gasteiger partial charge on any atom is 0.408 e. The summed E-state index contributed by atoms with van der Waals surface area (Å²) in [6.07, 6.45) is 0.749. The van der Waals surface area contributed by atoms with Gasteiger partial charge in [-0.15, -0.1) is 0 Å². The van der Waals surface area contributed by atoms with Gasteiger partial charge in [0.1, 0.15) is 5.60 Å². The Bertz CT molecular complexity index is 170. The lowest BCUT2D eigenvalue weighted by Crippen LogP contribution is -2.55. The van der Waals surface area contributed by atoms with E-state index in [2.05, 4.69) is 10.6 Å². The molecule has 1 amide bonds. The van der Waals surface area contributed by atoms with E-state index in [1.54, 1.807) is 0 Å². The summed E-state index contributed by atoms with van der Waals surface area (Å²) in [5.41, 5.74) is -0.409. The van der Waals surface area contributed by atoms with Crippen molar-refractivity contribution < 1.29 is 9.53 Å². The van der Waals surface area contributed by atoms with E-state index in [0.29, 0.717) is 0 Å². The lowest BCUT2D eigenvalue weighted by atomic mass is 10.2. The molecule has 2 N–H and O–H groups in total. The van der Waals surface area contributed by atoms with Crippen molar-refractivity contribution in [1.29, 1.82) is 0 Å². The van der Waals surface area contributed by atoms with Crippen LogP contribution in [0.2, 0.25) is 0 Å². The minimum absolute atomic E-state index is 0.111. The van der Waals surface area contributed by atoms with Gasteiger partial charge in [0.25, 0.3) is 0 Å². The SMILES string of the molecule is CC(C)(C)OC(=O)NC1CCN1. The molecule has 4 heteroatoms. The second kappa shape index (κ2) is 3.31. The summed E-state index contributed by atoms with van der Waals surface area (Å²) in [6.45, 7) is 6.52. The number of ether oxygens (including phenoxy) is 1. The fraction of sp³-hybridized carbons (Fsp3) is 0.875. The quantitative estimate of drug-likeness (QED) is 0.616. The Hall–Kier alpha value is -0.770. The molecular weight excluding hydrogens is 156 g/mol. The molecule has 0 aromatic carbocycles. The number of amides is 1. The Morgan fingerprint density at radius 1 is 1.58 bits per heavy atom. The Labute approximate surface area is 72.7 Å². The Balaban J connectivity index is 2.19. The average molecular weight is 172 g/mol. The molecule has 0 bridgehead atoms. The summed E-state index contributed by atoms with van der Waals surface area (Å²) >= 11 is 0. The molecule has 0 aromatic heterocycles. The van der Waals surface area contributed by atoms with Gasteiger partial charge >= 0.3 is 6.09 Å². The van der Waals surface area contributed by atoms with Crippen molar-refractivity contribution in [2.24, 2.45) is 0 Å². The molecule has 1 atom stereocenters. The number of hydrogen-bond acceptors (Lipinski definition) is 3. The van der Waals surface area contributed by atoms with Crippen LogP contribution in [0.3, 0.4) is 0 Å². The number of rotatable bonds is 1. The van der Waals surface area contributed by atoms with Gasteiger partial charge in [0.2, 0.25) is 0 Å². The van der Waals surface area contributed by atoms with Crippen LogP contribution in [-0.2, 0) is 4.74 Å². The van der Waals surface area contributed by atoms with Crippen LogP contribution in [-0.4, -0.2) is 24.4 Å². The molecule has 70 valence electrons. The normalized spacial score (nSPS) is 22.8. The van der Waals surface area contributed by atoms with Crippen molar-refractivity contribution in [2.45, 2.75) is 39.0 Å². The van der Waals surface area contributed by atoms with Gasteiger partial charge in [0.15, 0.2) is 0 Å². The van der Waals surface area contributed by atoms with E-state index in [-0.39, 0.29) is 12.3 Å². The fourth-order valence-electron chi connectivity index (χ4n) is 0.862. The first-order valence-electron chi connectivity index (χ1n) is 4.20. The number of carbonyl (C=O) groups is 1. The second-order valence-corrected chi connectivity index (χ2v) is 3.94. The van der Waals surface area contributed by atoms with Crippen molar-refractivity contribution in [3.05, 3.63) is 0 Å². The van der Waals surface area contributed by atoms with Crippen LogP contribution in [0.1, 0.15) is 27.2 Å². The van der Waals surface area contributed by atoms with E-state index < -0.39 is 5.60 Å². The highest BCUT2D eigenvalue weighted by atomic mass is 16.6. The van der Waals surface area contributed by atoms with Crippen molar-refractivity contribution in [3.63, 3.8) is 0 Å². The van der Waals surface area contributed by atoms with Gasteiger partial charge in [-0.25, -0.2) is 4.79 Å². The largest absolute Gasteiger partial charge is 0.444 e. The van der Waals surface area contributed by atoms with Crippen LogP contribution in [0.4, 0.5) is 4.79 Å². The smallest absolute Gasteiger partial charge is 0.408 e. The Kier molecular flexibility index (Phi) is 2.57. The first-order valence-corrected chi connectivity index (χ1v) is 4.20. The number of carbonyl (C=O) groups excluding carboxylic acids is 1. The van der Waals surface area contributed by atoms with Crippen LogP contribution in [0.25, 0.3) is 0 Å². The van der Waals surface area contributed by atoms with Crippen LogP contribution >= 0.6 is 0 Å². The first-order chi connectivity index (χ1) is 5.47. The van der Waals surface area contributed by atoms with Crippen LogP contribution in [0.5, 0.6) is 0 Å². The molecule has 1 aliphatic heterocycles. The molecule has 1 heterocycles. The van der Waals surface area contributed by atoms with Gasteiger partial charge < -0.3 is 10.1 Å². The lowest BCUT2D eigenvalue weighted by molar-refractivity contribution is 0.0470. The maximum atomic E-state index is 11.1. The van der Waals surface area contributed by atoms with Crippen molar-refractivity contribution in [1.82, 2.24) is 10.6 Å². The molecule has 12 heavy (non-hydrogen) atoms. The summed E-state index contributed by atoms with van der Waals surface area (Å²) in [7, 11) is 0. The van der Waals surface area contributed by atoms with Crippen LogP contribution in [0.15, 0.2) is 0 Å². The van der Waals surface area contributed by atoms with Gasteiger partial charge in [-0.2, -0.15) is 0 Å². The van der Waals surface area contributed by atoms with E-state index in [0.717, 1.165) is 13.0 Å². The van der Waals surface area contributed by atoms with Gasteiger partial charge in [-0.05, 0) is 27.2 Å². The van der Waals surface area contributed by atoms with E-state index in [1.165, 1.54) is 0 Å². The molecular formula is C8H16N2O2. The minimum atomic E-state index is -0.409. The summed E-state index contributed by atoms with van der Waals surface area (Å²) in [4.78, 5) is 11.1. The predicted octanol–water partition coefficient (Wildman–Crippen LogP) is 0.830. The van der Waals surface area contributed by atoms with Crippen molar-refractivity contribution in [2.75, 3.05) is 6.54 Å². The molecule has 0 saturated carbocycles. The Morgan fingerprint density at radius 3 is 2.50 bits per heavy atom. The van der Waals surface area contributed by atoms with Crippen molar-refractivity contribution in [3.8, 4) is 0 Å². The van der Waals surface area contributed by atoms with Crippen molar-refractivity contribution >= 4 is 6.09 Å². The van der Waals surface area contributed by atoms with E-state index in [9.17, 15) is 4.79 Å². The van der Waals surface area contributed by atoms with E-state index in [4.69, 9.17) is 4.74 Å². The number of nitrogens with one attached hydrogen (secondary N) is 2. The molecule has 0 radical (unpaired) electrons. The zero-order chi connectivity index (χ0) is 9.19. The highest BCUT2D eigenvalue weighted by Gasteiger charge is 2.22. The third-order valence-electron chi connectivity index (χ3n) is 1.51. The molecule has 0 aromatic rings. The van der Waals surface area contributed by atoms with Gasteiger partial charge in [-0.1, -0.05) is 0 Å². The molecule has 1 aliphatic rings. The zero-order valence-corrected chi connectivity index (χ0v) is 7.81. The fourth-order valence-corrected chi connectivity index (χ4v) is 0.862. The number of hydrogen-bond donors (Lipinski definition) is 2. The topological polar surface area (TPSA) is 50.4 Å². The molecule has 0 aliphatic carbocycles. The monoisotopic (exact) mass is 172 g/mol. The first kappa shape index (κ1) is 9.32. The average Bonchev–Trinajstić information content (AvgIpc) is 1.74. The molecule has 0 spiro atoms. The molecule has 1 unspecified atom stereocenters.